The van der Waals surface area contributed by atoms with E-state index in [0.717, 1.165) is 18.0 Å². The van der Waals surface area contributed by atoms with Crippen molar-refractivity contribution in [2.75, 3.05) is 23.9 Å². The molecule has 2 N–H and O–H groups in total. The number of aromatic carboxylic acids is 1. The minimum Gasteiger partial charge on any atom is -0.478 e. The summed E-state index contributed by atoms with van der Waals surface area (Å²) in [4.78, 5) is 15.8. The van der Waals surface area contributed by atoms with Gasteiger partial charge in [0.15, 0.2) is 0 Å². The number of anilines is 1. The van der Waals surface area contributed by atoms with Crippen molar-refractivity contribution in [3.8, 4) is 0 Å². The van der Waals surface area contributed by atoms with Gasteiger partial charge in [-0.05, 0) is 30.1 Å². The summed E-state index contributed by atoms with van der Waals surface area (Å²) in [5.41, 5.74) is 0.898. The summed E-state index contributed by atoms with van der Waals surface area (Å²) >= 11 is 1.81. The number of nitrogens with one attached hydrogen (secondary N) is 1. The average Bonchev–Trinajstić information content (AvgIpc) is 2.35. The van der Waals surface area contributed by atoms with Gasteiger partial charge >= 0.3 is 5.97 Å². The van der Waals surface area contributed by atoms with Crippen molar-refractivity contribution in [3.05, 3.63) is 23.4 Å². The molecule has 20 heavy (non-hydrogen) atoms. The van der Waals surface area contributed by atoms with E-state index in [-0.39, 0.29) is 11.0 Å². The number of carboxylic acid groups (broad SMARTS) is 1. The summed E-state index contributed by atoms with van der Waals surface area (Å²) in [6.45, 7) is 9.04. The van der Waals surface area contributed by atoms with Gasteiger partial charge in [0, 0.05) is 17.7 Å². The summed E-state index contributed by atoms with van der Waals surface area (Å²) in [6, 6.07) is 3.25. The Morgan fingerprint density at radius 1 is 1.45 bits per heavy atom. The van der Waals surface area contributed by atoms with E-state index in [0.29, 0.717) is 11.7 Å². The number of hydrogen-bond donors (Lipinski definition) is 2. The summed E-state index contributed by atoms with van der Waals surface area (Å²) in [7, 11) is 0. The zero-order valence-corrected chi connectivity index (χ0v) is 13.7. The predicted molar refractivity (Wildman–Crippen MR) is 85.9 cm³/mol. The molecule has 0 aliphatic heterocycles. The van der Waals surface area contributed by atoms with Crippen LogP contribution in [0.3, 0.4) is 0 Å². The van der Waals surface area contributed by atoms with Crippen LogP contribution < -0.4 is 5.32 Å². The number of nitrogens with zero attached hydrogens (tertiary/aromatic N) is 1. The van der Waals surface area contributed by atoms with Crippen molar-refractivity contribution >= 4 is 23.5 Å². The Hall–Kier alpha value is -1.23. The fraction of sp³-hybridized carbons (Fsp3) is 0.600. The van der Waals surface area contributed by atoms with Gasteiger partial charge in [-0.2, -0.15) is 11.8 Å². The van der Waals surface area contributed by atoms with Crippen LogP contribution in [0.1, 0.15) is 43.7 Å². The smallest absolute Gasteiger partial charge is 0.335 e. The fourth-order valence-corrected chi connectivity index (χ4v) is 2.44. The molecule has 0 saturated carbocycles. The van der Waals surface area contributed by atoms with Crippen LogP contribution in [-0.4, -0.2) is 34.6 Å². The van der Waals surface area contributed by atoms with Gasteiger partial charge < -0.3 is 10.4 Å². The van der Waals surface area contributed by atoms with Crippen LogP contribution in [0.4, 0.5) is 5.82 Å². The third-order valence-electron chi connectivity index (χ3n) is 2.92. The first-order valence-corrected chi connectivity index (χ1v) is 8.12. The van der Waals surface area contributed by atoms with Crippen LogP contribution >= 0.6 is 11.8 Å². The number of hydrogen-bond acceptors (Lipinski definition) is 4. The number of thioether (sulfide) groups is 1. The molecule has 5 heteroatoms. The van der Waals surface area contributed by atoms with E-state index in [1.807, 2.05) is 20.8 Å². The average molecular weight is 296 g/mol. The Balaban J connectivity index is 2.95. The number of pyridine rings is 1. The van der Waals surface area contributed by atoms with E-state index in [1.54, 1.807) is 23.9 Å². The Morgan fingerprint density at radius 2 is 2.10 bits per heavy atom. The standard InChI is InChI=1S/C15H24N2O2S/c1-10(9-20-5)8-16-13-7-11(14(18)19)6-12(17-13)15(2,3)4/h6-7,10H,8-9H2,1-5H3,(H,16,17)(H,18,19). The first-order valence-electron chi connectivity index (χ1n) is 6.72. The maximum atomic E-state index is 11.2. The van der Waals surface area contributed by atoms with Crippen LogP contribution in [0.2, 0.25) is 0 Å². The predicted octanol–water partition coefficient (Wildman–Crippen LogP) is 3.49. The van der Waals surface area contributed by atoms with Crippen molar-refractivity contribution in [2.24, 2.45) is 5.92 Å². The van der Waals surface area contributed by atoms with Gasteiger partial charge in [0.25, 0.3) is 0 Å². The molecule has 0 bridgehead atoms. The van der Waals surface area contributed by atoms with Crippen LogP contribution in [0.25, 0.3) is 0 Å². The van der Waals surface area contributed by atoms with Gasteiger partial charge in [-0.1, -0.05) is 27.7 Å². The number of rotatable bonds is 6. The summed E-state index contributed by atoms with van der Waals surface area (Å²) < 4.78 is 0. The third-order valence-corrected chi connectivity index (χ3v) is 3.83. The highest BCUT2D eigenvalue weighted by atomic mass is 32.2. The first-order chi connectivity index (χ1) is 9.24. The van der Waals surface area contributed by atoms with Crippen LogP contribution in [-0.2, 0) is 5.41 Å². The van der Waals surface area contributed by atoms with Crippen molar-refractivity contribution in [1.29, 1.82) is 0 Å². The van der Waals surface area contributed by atoms with Crippen molar-refractivity contribution in [2.45, 2.75) is 33.1 Å². The fourth-order valence-electron chi connectivity index (χ4n) is 1.75. The zero-order chi connectivity index (χ0) is 15.3. The van der Waals surface area contributed by atoms with Crippen molar-refractivity contribution in [1.82, 2.24) is 4.98 Å². The molecule has 4 nitrogen and oxygen atoms in total. The van der Waals surface area contributed by atoms with Gasteiger partial charge in [0.2, 0.25) is 0 Å². The molecule has 0 fully saturated rings. The van der Waals surface area contributed by atoms with E-state index in [9.17, 15) is 9.90 Å². The lowest BCUT2D eigenvalue weighted by Gasteiger charge is -2.20. The van der Waals surface area contributed by atoms with Crippen molar-refractivity contribution in [3.63, 3.8) is 0 Å². The van der Waals surface area contributed by atoms with Crippen LogP contribution in [0.5, 0.6) is 0 Å². The van der Waals surface area contributed by atoms with Gasteiger partial charge in [-0.15, -0.1) is 0 Å². The Labute approximate surface area is 125 Å². The second kappa shape index (κ2) is 6.97. The molecule has 1 atom stereocenters. The molecule has 0 aromatic carbocycles. The van der Waals surface area contributed by atoms with Crippen molar-refractivity contribution < 1.29 is 9.90 Å². The maximum absolute atomic E-state index is 11.2. The molecule has 1 aromatic heterocycles. The highest BCUT2D eigenvalue weighted by Gasteiger charge is 2.19. The van der Waals surface area contributed by atoms with E-state index in [2.05, 4.69) is 23.5 Å². The zero-order valence-electron chi connectivity index (χ0n) is 12.9. The second-order valence-corrected chi connectivity index (χ2v) is 7.03. The SMILES string of the molecule is CSCC(C)CNc1cc(C(=O)O)cc(C(C)(C)C)n1. The lowest BCUT2D eigenvalue weighted by Crippen LogP contribution is -2.19. The third kappa shape index (κ3) is 5.04. The van der Waals surface area contributed by atoms with E-state index in [1.165, 1.54) is 0 Å². The lowest BCUT2D eigenvalue weighted by molar-refractivity contribution is 0.0696. The second-order valence-electron chi connectivity index (χ2n) is 6.12. The Kier molecular flexibility index (Phi) is 5.87. The van der Waals surface area contributed by atoms with E-state index >= 15 is 0 Å². The molecule has 1 heterocycles. The molecular formula is C15H24N2O2S. The Morgan fingerprint density at radius 3 is 2.60 bits per heavy atom. The molecule has 112 valence electrons. The molecule has 0 amide bonds. The number of carboxylic acids is 1. The largest absolute Gasteiger partial charge is 0.478 e. The van der Waals surface area contributed by atoms with Gasteiger partial charge in [-0.25, -0.2) is 9.78 Å². The molecule has 1 unspecified atom stereocenters. The molecule has 0 aliphatic rings. The molecule has 0 spiro atoms. The highest BCUT2D eigenvalue weighted by molar-refractivity contribution is 7.98. The van der Waals surface area contributed by atoms with Gasteiger partial charge in [0.05, 0.1) is 5.56 Å². The molecule has 1 rings (SSSR count). The van der Waals surface area contributed by atoms with Gasteiger partial charge in [0.1, 0.15) is 5.82 Å². The molecule has 0 saturated heterocycles. The lowest BCUT2D eigenvalue weighted by atomic mass is 9.91. The normalized spacial score (nSPS) is 13.1. The minimum absolute atomic E-state index is 0.174. The maximum Gasteiger partial charge on any atom is 0.335 e. The van der Waals surface area contributed by atoms with Crippen LogP contribution in [0, 0.1) is 5.92 Å². The molecule has 0 radical (unpaired) electrons. The van der Waals surface area contributed by atoms with E-state index in [4.69, 9.17) is 0 Å². The number of carbonyl (C=O) groups is 1. The summed E-state index contributed by atoms with van der Waals surface area (Å²) in [6.07, 6.45) is 2.08. The monoisotopic (exact) mass is 296 g/mol. The summed E-state index contributed by atoms with van der Waals surface area (Å²) in [5.74, 6) is 1.30. The quantitative estimate of drug-likeness (QED) is 0.841. The first kappa shape index (κ1) is 16.8. The van der Waals surface area contributed by atoms with E-state index < -0.39 is 5.97 Å². The minimum atomic E-state index is -0.918. The van der Waals surface area contributed by atoms with Gasteiger partial charge in [-0.3, -0.25) is 0 Å². The molecular weight excluding hydrogens is 272 g/mol. The molecule has 1 aromatic rings. The topological polar surface area (TPSA) is 62.2 Å². The Bertz CT molecular complexity index is 469. The summed E-state index contributed by atoms with van der Waals surface area (Å²) in [5, 5.41) is 12.5. The highest BCUT2D eigenvalue weighted by Crippen LogP contribution is 2.23. The molecule has 0 aliphatic carbocycles. The van der Waals surface area contributed by atoms with Crippen LogP contribution in [0.15, 0.2) is 12.1 Å². The number of aromatic nitrogens is 1.